The molecule has 1 fully saturated rings. The molecule has 1 aliphatic heterocycles. The van der Waals surface area contributed by atoms with Crippen LogP contribution in [0.3, 0.4) is 0 Å². The lowest BCUT2D eigenvalue weighted by Crippen LogP contribution is -2.54. The van der Waals surface area contributed by atoms with Crippen LogP contribution in [0.5, 0.6) is 0 Å². The molecule has 0 aliphatic carbocycles. The van der Waals surface area contributed by atoms with Crippen molar-refractivity contribution in [3.05, 3.63) is 53.3 Å². The minimum atomic E-state index is 0.134. The quantitative estimate of drug-likeness (QED) is 0.925. The maximum absolute atomic E-state index is 12.7. The Kier molecular flexibility index (Phi) is 3.92. The fraction of sp³-hybridized carbons (Fsp3) is 0.389. The second-order valence-corrected chi connectivity index (χ2v) is 6.15. The number of benzene rings is 1. The van der Waals surface area contributed by atoms with E-state index in [2.05, 4.69) is 48.0 Å². The summed E-state index contributed by atoms with van der Waals surface area (Å²) in [5.74, 6) is 0.134. The van der Waals surface area contributed by atoms with Gasteiger partial charge in [0.15, 0.2) is 0 Å². The molecule has 2 heterocycles. The number of nitrogens with one attached hydrogen (secondary N) is 1. The average Bonchev–Trinajstić information content (AvgIpc) is 2.93. The molecule has 1 aromatic carbocycles. The molecule has 116 valence electrons. The van der Waals surface area contributed by atoms with Crippen molar-refractivity contribution in [2.45, 2.75) is 26.8 Å². The first kappa shape index (κ1) is 14.7. The third kappa shape index (κ3) is 2.73. The lowest BCUT2D eigenvalue weighted by atomic mass is 10.1. The van der Waals surface area contributed by atoms with Crippen LogP contribution in [0.15, 0.2) is 36.5 Å². The Labute approximate surface area is 131 Å². The van der Waals surface area contributed by atoms with Gasteiger partial charge in [0, 0.05) is 43.3 Å². The molecule has 1 aliphatic rings. The Morgan fingerprint density at radius 2 is 1.86 bits per heavy atom. The fourth-order valence-electron chi connectivity index (χ4n) is 3.09. The summed E-state index contributed by atoms with van der Waals surface area (Å²) in [4.78, 5) is 20.1. The summed E-state index contributed by atoms with van der Waals surface area (Å²) >= 11 is 0. The van der Waals surface area contributed by atoms with Gasteiger partial charge in [-0.25, -0.2) is 0 Å². The smallest absolute Gasteiger partial charge is 0.256 e. The topological polar surface area (TPSA) is 39.3 Å². The molecule has 2 aromatic rings. The number of carbonyl (C=O) groups excluding carboxylic acids is 1. The van der Waals surface area contributed by atoms with Crippen LogP contribution in [0.4, 0.5) is 5.69 Å². The number of H-pyrrole nitrogens is 1. The monoisotopic (exact) mass is 297 g/mol. The molecule has 0 bridgehead atoms. The van der Waals surface area contributed by atoms with Crippen molar-refractivity contribution in [1.29, 1.82) is 0 Å². The van der Waals surface area contributed by atoms with Crippen LogP contribution in [0.2, 0.25) is 0 Å². The van der Waals surface area contributed by atoms with E-state index in [1.807, 2.05) is 24.1 Å². The number of hydrogen-bond acceptors (Lipinski definition) is 2. The number of hydrogen-bond donors (Lipinski definition) is 1. The van der Waals surface area contributed by atoms with E-state index in [0.29, 0.717) is 0 Å². The number of nitrogens with zero attached hydrogens (tertiary/aromatic N) is 2. The van der Waals surface area contributed by atoms with Gasteiger partial charge in [0.1, 0.15) is 0 Å². The van der Waals surface area contributed by atoms with E-state index in [1.165, 1.54) is 11.3 Å². The van der Waals surface area contributed by atoms with Crippen LogP contribution in [-0.4, -0.2) is 41.5 Å². The first-order valence-corrected chi connectivity index (χ1v) is 7.83. The van der Waals surface area contributed by atoms with E-state index in [0.717, 1.165) is 30.9 Å². The molecule has 22 heavy (non-hydrogen) atoms. The maximum Gasteiger partial charge on any atom is 0.256 e. The molecule has 4 heteroatoms. The third-order valence-corrected chi connectivity index (χ3v) is 4.47. The van der Waals surface area contributed by atoms with Crippen LogP contribution in [0.1, 0.15) is 28.5 Å². The summed E-state index contributed by atoms with van der Waals surface area (Å²) in [5, 5.41) is 0. The second-order valence-electron chi connectivity index (χ2n) is 6.15. The highest BCUT2D eigenvalue weighted by atomic mass is 16.2. The van der Waals surface area contributed by atoms with Gasteiger partial charge in [-0.1, -0.05) is 17.7 Å². The van der Waals surface area contributed by atoms with Crippen molar-refractivity contribution < 1.29 is 4.79 Å². The van der Waals surface area contributed by atoms with Gasteiger partial charge < -0.3 is 14.8 Å². The minimum Gasteiger partial charge on any atom is -0.368 e. The lowest BCUT2D eigenvalue weighted by Gasteiger charge is -2.41. The van der Waals surface area contributed by atoms with Crippen LogP contribution in [0.25, 0.3) is 0 Å². The predicted octanol–water partition coefficient (Wildman–Crippen LogP) is 2.98. The molecule has 1 N–H and O–H groups in total. The SMILES string of the molecule is Cc1ccc(N2CCN(C(=O)c3cc[nH]c3C)C(C)C2)cc1. The molecule has 1 atom stereocenters. The van der Waals surface area contributed by atoms with Crippen LogP contribution in [-0.2, 0) is 0 Å². The molecule has 1 aromatic heterocycles. The lowest BCUT2D eigenvalue weighted by molar-refractivity contribution is 0.0673. The maximum atomic E-state index is 12.7. The molecule has 3 rings (SSSR count). The molecule has 4 nitrogen and oxygen atoms in total. The van der Waals surface area contributed by atoms with Crippen LogP contribution < -0.4 is 4.90 Å². The molecule has 1 saturated heterocycles. The van der Waals surface area contributed by atoms with E-state index < -0.39 is 0 Å². The van der Waals surface area contributed by atoms with E-state index in [4.69, 9.17) is 0 Å². The number of aromatic amines is 1. The van der Waals surface area contributed by atoms with Gasteiger partial charge in [-0.15, -0.1) is 0 Å². The Hall–Kier alpha value is -2.23. The van der Waals surface area contributed by atoms with Crippen LogP contribution in [0, 0.1) is 13.8 Å². The van der Waals surface area contributed by atoms with Gasteiger partial charge in [0.25, 0.3) is 5.91 Å². The molecular weight excluding hydrogens is 274 g/mol. The molecule has 1 unspecified atom stereocenters. The fourth-order valence-corrected chi connectivity index (χ4v) is 3.09. The molecule has 1 amide bonds. The number of anilines is 1. The zero-order valence-corrected chi connectivity index (χ0v) is 13.5. The van der Waals surface area contributed by atoms with Crippen molar-refractivity contribution >= 4 is 11.6 Å². The summed E-state index contributed by atoms with van der Waals surface area (Å²) in [6.45, 7) is 8.68. The first-order chi connectivity index (χ1) is 10.6. The van der Waals surface area contributed by atoms with Crippen molar-refractivity contribution in [2.24, 2.45) is 0 Å². The summed E-state index contributed by atoms with van der Waals surface area (Å²) in [7, 11) is 0. The average molecular weight is 297 g/mol. The zero-order valence-electron chi connectivity index (χ0n) is 13.5. The van der Waals surface area contributed by atoms with E-state index in [-0.39, 0.29) is 11.9 Å². The van der Waals surface area contributed by atoms with Gasteiger partial charge >= 0.3 is 0 Å². The molecule has 0 saturated carbocycles. The summed E-state index contributed by atoms with van der Waals surface area (Å²) in [5.41, 5.74) is 4.24. The van der Waals surface area contributed by atoms with Gasteiger partial charge in [-0.05, 0) is 39.0 Å². The Morgan fingerprint density at radius 1 is 1.14 bits per heavy atom. The normalized spacial score (nSPS) is 18.6. The summed E-state index contributed by atoms with van der Waals surface area (Å²) in [6, 6.07) is 10.7. The Morgan fingerprint density at radius 3 is 2.45 bits per heavy atom. The predicted molar refractivity (Wildman–Crippen MR) is 89.4 cm³/mol. The van der Waals surface area contributed by atoms with Crippen molar-refractivity contribution in [3.63, 3.8) is 0 Å². The Bertz CT molecular complexity index is 659. The van der Waals surface area contributed by atoms with E-state index >= 15 is 0 Å². The number of piperazine rings is 1. The summed E-state index contributed by atoms with van der Waals surface area (Å²) in [6.07, 6.45) is 1.83. The number of amides is 1. The summed E-state index contributed by atoms with van der Waals surface area (Å²) < 4.78 is 0. The number of aromatic nitrogens is 1. The number of aryl methyl sites for hydroxylation is 2. The second kappa shape index (κ2) is 5.87. The van der Waals surface area contributed by atoms with Crippen molar-refractivity contribution in [1.82, 2.24) is 9.88 Å². The molecule has 0 radical (unpaired) electrons. The van der Waals surface area contributed by atoms with Crippen molar-refractivity contribution in [3.8, 4) is 0 Å². The van der Waals surface area contributed by atoms with E-state index in [9.17, 15) is 4.79 Å². The van der Waals surface area contributed by atoms with Gasteiger partial charge in [-0.2, -0.15) is 0 Å². The molecule has 0 spiro atoms. The van der Waals surface area contributed by atoms with E-state index in [1.54, 1.807) is 0 Å². The van der Waals surface area contributed by atoms with Gasteiger partial charge in [0.05, 0.1) is 5.56 Å². The minimum absolute atomic E-state index is 0.134. The van der Waals surface area contributed by atoms with Gasteiger partial charge in [0.2, 0.25) is 0 Å². The Balaban J connectivity index is 1.71. The van der Waals surface area contributed by atoms with Gasteiger partial charge in [-0.3, -0.25) is 4.79 Å². The number of rotatable bonds is 2. The molecular formula is C18H23N3O. The first-order valence-electron chi connectivity index (χ1n) is 7.83. The highest BCUT2D eigenvalue weighted by Crippen LogP contribution is 2.21. The zero-order chi connectivity index (χ0) is 15.7. The van der Waals surface area contributed by atoms with Crippen molar-refractivity contribution in [2.75, 3.05) is 24.5 Å². The largest absolute Gasteiger partial charge is 0.368 e. The highest BCUT2D eigenvalue weighted by molar-refractivity contribution is 5.95. The third-order valence-electron chi connectivity index (χ3n) is 4.47. The number of carbonyl (C=O) groups is 1. The standard InChI is InChI=1S/C18H23N3O/c1-13-4-6-16(7-5-13)20-10-11-21(14(2)12-20)18(22)17-8-9-19-15(17)3/h4-9,14,19H,10-12H2,1-3H3. The van der Waals surface area contributed by atoms with Crippen LogP contribution >= 0.6 is 0 Å². The highest BCUT2D eigenvalue weighted by Gasteiger charge is 2.29.